The van der Waals surface area contributed by atoms with E-state index in [1.54, 1.807) is 15.9 Å². The number of hydrogen-bond acceptors (Lipinski definition) is 7. The van der Waals surface area contributed by atoms with Gasteiger partial charge in [0.2, 0.25) is 16.0 Å². The molecule has 10 heteroatoms. The highest BCUT2D eigenvalue weighted by Gasteiger charge is 2.33. The van der Waals surface area contributed by atoms with Gasteiger partial charge in [-0.3, -0.25) is 4.68 Å². The largest absolute Gasteiger partial charge is 0.354 e. The molecule has 0 aromatic carbocycles. The van der Waals surface area contributed by atoms with E-state index in [2.05, 4.69) is 19.9 Å². The summed E-state index contributed by atoms with van der Waals surface area (Å²) in [6.07, 6.45) is 3.62. The van der Waals surface area contributed by atoms with E-state index in [-0.39, 0.29) is 0 Å². The van der Waals surface area contributed by atoms with E-state index in [1.807, 2.05) is 26.8 Å². The molecular formula is C21H33N7O2S. The molecule has 31 heavy (non-hydrogen) atoms. The molecule has 2 aromatic rings. The van der Waals surface area contributed by atoms with Crippen LogP contribution in [0.15, 0.2) is 11.0 Å². The first kappa shape index (κ1) is 22.0. The molecule has 0 aliphatic carbocycles. The van der Waals surface area contributed by atoms with Crippen molar-refractivity contribution in [3.8, 4) is 0 Å². The SMILES string of the molecule is CCn1nc(C)c(S(=O)(=O)N2CCN(c3cc(C)nc(N4CCCCC4)n3)CC2)c1C. The van der Waals surface area contributed by atoms with Crippen LogP contribution in [0.2, 0.25) is 0 Å². The average molecular weight is 448 g/mol. The second-order valence-corrected chi connectivity index (χ2v) is 10.3. The normalized spacial score (nSPS) is 18.6. The van der Waals surface area contributed by atoms with Crippen molar-refractivity contribution in [2.24, 2.45) is 0 Å². The fraction of sp³-hybridized carbons (Fsp3) is 0.667. The van der Waals surface area contributed by atoms with Crippen molar-refractivity contribution in [3.05, 3.63) is 23.1 Å². The molecule has 2 saturated heterocycles. The maximum Gasteiger partial charge on any atom is 0.246 e. The minimum absolute atomic E-state index is 0.355. The van der Waals surface area contributed by atoms with E-state index in [0.717, 1.165) is 30.5 Å². The average Bonchev–Trinajstić information content (AvgIpc) is 3.07. The van der Waals surface area contributed by atoms with Gasteiger partial charge in [0, 0.05) is 57.6 Å². The van der Waals surface area contributed by atoms with Gasteiger partial charge in [-0.15, -0.1) is 0 Å². The smallest absolute Gasteiger partial charge is 0.246 e. The van der Waals surface area contributed by atoms with Gasteiger partial charge >= 0.3 is 0 Å². The molecule has 4 rings (SSSR count). The number of anilines is 2. The number of rotatable bonds is 5. The minimum atomic E-state index is -3.57. The molecule has 0 unspecified atom stereocenters. The number of piperazine rings is 1. The Balaban J connectivity index is 1.50. The molecule has 170 valence electrons. The molecule has 2 fully saturated rings. The zero-order valence-corrected chi connectivity index (χ0v) is 19.8. The maximum absolute atomic E-state index is 13.3. The van der Waals surface area contributed by atoms with Gasteiger partial charge in [-0.25, -0.2) is 13.4 Å². The summed E-state index contributed by atoms with van der Waals surface area (Å²) in [5.41, 5.74) is 2.22. The summed E-state index contributed by atoms with van der Waals surface area (Å²) < 4.78 is 30.0. The fourth-order valence-electron chi connectivity index (χ4n) is 4.58. The van der Waals surface area contributed by atoms with Crippen LogP contribution in [-0.4, -0.2) is 71.7 Å². The lowest BCUT2D eigenvalue weighted by atomic mass is 10.1. The van der Waals surface area contributed by atoms with E-state index >= 15 is 0 Å². The third-order valence-electron chi connectivity index (χ3n) is 6.24. The highest BCUT2D eigenvalue weighted by atomic mass is 32.2. The standard InChI is InChI=1S/C21H33N7O2S/c1-5-28-18(4)20(17(3)24-28)31(29,30)27-13-11-25(12-14-27)19-15-16(2)22-21(23-19)26-9-7-6-8-10-26/h15H,5-14H2,1-4H3. The van der Waals surface area contributed by atoms with Crippen LogP contribution in [0, 0.1) is 20.8 Å². The van der Waals surface area contributed by atoms with Crippen LogP contribution in [0.4, 0.5) is 11.8 Å². The van der Waals surface area contributed by atoms with Crippen molar-refractivity contribution in [1.29, 1.82) is 0 Å². The van der Waals surface area contributed by atoms with Crippen molar-refractivity contribution in [1.82, 2.24) is 24.1 Å². The Hall–Kier alpha value is -2.20. The first-order chi connectivity index (χ1) is 14.8. The molecule has 4 heterocycles. The number of aromatic nitrogens is 4. The van der Waals surface area contributed by atoms with Crippen LogP contribution < -0.4 is 9.80 Å². The predicted octanol–water partition coefficient (Wildman–Crippen LogP) is 2.12. The summed E-state index contributed by atoms with van der Waals surface area (Å²) >= 11 is 0. The maximum atomic E-state index is 13.3. The second kappa shape index (κ2) is 8.74. The minimum Gasteiger partial charge on any atom is -0.354 e. The van der Waals surface area contributed by atoms with E-state index in [9.17, 15) is 8.42 Å². The quantitative estimate of drug-likeness (QED) is 0.694. The van der Waals surface area contributed by atoms with Crippen LogP contribution in [0.3, 0.4) is 0 Å². The van der Waals surface area contributed by atoms with Gasteiger partial charge in [0.25, 0.3) is 0 Å². The summed E-state index contributed by atoms with van der Waals surface area (Å²) in [4.78, 5) is 14.3. The first-order valence-corrected chi connectivity index (χ1v) is 12.6. The number of nitrogens with zero attached hydrogens (tertiary/aromatic N) is 7. The molecule has 0 radical (unpaired) electrons. The molecule has 0 saturated carbocycles. The van der Waals surface area contributed by atoms with Crippen LogP contribution in [-0.2, 0) is 16.6 Å². The van der Waals surface area contributed by atoms with E-state index in [4.69, 9.17) is 4.98 Å². The predicted molar refractivity (Wildman–Crippen MR) is 121 cm³/mol. The van der Waals surface area contributed by atoms with Gasteiger partial charge in [-0.05, 0) is 47.0 Å². The number of aryl methyl sites for hydroxylation is 3. The molecule has 2 aliphatic rings. The highest BCUT2D eigenvalue weighted by Crippen LogP contribution is 2.26. The lowest BCUT2D eigenvalue weighted by molar-refractivity contribution is 0.383. The summed E-state index contributed by atoms with van der Waals surface area (Å²) in [7, 11) is -3.57. The lowest BCUT2D eigenvalue weighted by Gasteiger charge is -2.35. The molecule has 2 aliphatic heterocycles. The second-order valence-electron chi connectivity index (χ2n) is 8.42. The van der Waals surface area contributed by atoms with Gasteiger partial charge in [0.05, 0.1) is 11.4 Å². The van der Waals surface area contributed by atoms with Crippen molar-refractivity contribution >= 4 is 21.8 Å². The summed E-state index contributed by atoms with van der Waals surface area (Å²) in [5, 5.41) is 4.39. The number of hydrogen-bond donors (Lipinski definition) is 0. The monoisotopic (exact) mass is 447 g/mol. The van der Waals surface area contributed by atoms with Gasteiger partial charge in [-0.2, -0.15) is 14.4 Å². The Morgan fingerprint density at radius 2 is 1.58 bits per heavy atom. The molecule has 0 atom stereocenters. The molecule has 2 aromatic heterocycles. The van der Waals surface area contributed by atoms with Crippen molar-refractivity contribution < 1.29 is 8.42 Å². The Kier molecular flexibility index (Phi) is 6.20. The van der Waals surface area contributed by atoms with Gasteiger partial charge in [0.1, 0.15) is 10.7 Å². The molecule has 0 N–H and O–H groups in total. The first-order valence-electron chi connectivity index (χ1n) is 11.2. The summed E-state index contributed by atoms with van der Waals surface area (Å²) in [6, 6.07) is 2.00. The third kappa shape index (κ3) is 4.27. The van der Waals surface area contributed by atoms with Crippen molar-refractivity contribution in [2.75, 3.05) is 49.1 Å². The summed E-state index contributed by atoms with van der Waals surface area (Å²) in [5.74, 6) is 1.68. The molecule has 0 amide bonds. The fourth-order valence-corrected chi connectivity index (χ4v) is 6.38. The van der Waals surface area contributed by atoms with Crippen molar-refractivity contribution in [3.63, 3.8) is 0 Å². The van der Waals surface area contributed by atoms with Crippen LogP contribution >= 0.6 is 0 Å². The van der Waals surface area contributed by atoms with E-state index < -0.39 is 10.0 Å². The van der Waals surface area contributed by atoms with Crippen LogP contribution in [0.1, 0.15) is 43.3 Å². The molecule has 0 spiro atoms. The van der Waals surface area contributed by atoms with E-state index in [1.165, 1.54) is 19.3 Å². The lowest BCUT2D eigenvalue weighted by Crippen LogP contribution is -2.49. The third-order valence-corrected chi connectivity index (χ3v) is 8.39. The number of sulfonamides is 1. The molecular weight excluding hydrogens is 414 g/mol. The van der Waals surface area contributed by atoms with Crippen LogP contribution in [0.5, 0.6) is 0 Å². The van der Waals surface area contributed by atoms with Gasteiger partial charge in [0.15, 0.2) is 0 Å². The molecule has 9 nitrogen and oxygen atoms in total. The topological polar surface area (TPSA) is 87.5 Å². The van der Waals surface area contributed by atoms with Crippen molar-refractivity contribution in [2.45, 2.75) is 58.4 Å². The Labute approximate surface area is 185 Å². The van der Waals surface area contributed by atoms with Crippen LogP contribution in [0.25, 0.3) is 0 Å². The van der Waals surface area contributed by atoms with Gasteiger partial charge < -0.3 is 9.80 Å². The Morgan fingerprint density at radius 1 is 0.903 bits per heavy atom. The zero-order chi connectivity index (χ0) is 22.2. The Bertz CT molecular complexity index is 1040. The Morgan fingerprint density at radius 3 is 2.19 bits per heavy atom. The zero-order valence-electron chi connectivity index (χ0n) is 19.0. The number of piperidine rings is 1. The van der Waals surface area contributed by atoms with Gasteiger partial charge in [-0.1, -0.05) is 0 Å². The van der Waals surface area contributed by atoms with E-state index in [0.29, 0.717) is 49.0 Å². The highest BCUT2D eigenvalue weighted by molar-refractivity contribution is 7.89. The summed E-state index contributed by atoms with van der Waals surface area (Å²) in [6.45, 7) is 12.3. The molecule has 0 bridgehead atoms.